The first-order chi connectivity index (χ1) is 7.21. The minimum Gasteiger partial charge on any atom is -0.489 e. The largest absolute Gasteiger partial charge is 0.489 e. The van der Waals surface area contributed by atoms with Crippen LogP contribution in [0.25, 0.3) is 0 Å². The molecule has 16 heavy (non-hydrogen) atoms. The van der Waals surface area contributed by atoms with E-state index < -0.39 is 11.7 Å². The van der Waals surface area contributed by atoms with E-state index in [0.717, 1.165) is 6.07 Å². The second-order valence-electron chi connectivity index (χ2n) is 3.43. The average Bonchev–Trinajstić information content (AvgIpc) is 2.07. The minimum atomic E-state index is -4.43. The molecule has 1 aromatic carbocycles. The standard InChI is InChI=1S/C10H9BrClF3O/c1-5(2)16-9-4-7(11)6(3-8(9)12)10(13,14)15/h3-5H,1-2H3. The topological polar surface area (TPSA) is 9.23 Å². The van der Waals surface area contributed by atoms with Crippen LogP contribution in [0.15, 0.2) is 16.6 Å². The van der Waals surface area contributed by atoms with Gasteiger partial charge in [-0.05, 0) is 26.0 Å². The molecule has 0 bridgehead atoms. The summed E-state index contributed by atoms with van der Waals surface area (Å²) < 4.78 is 42.7. The van der Waals surface area contributed by atoms with Gasteiger partial charge >= 0.3 is 6.18 Å². The zero-order valence-corrected chi connectivity index (χ0v) is 10.9. The third-order valence-electron chi connectivity index (χ3n) is 1.69. The third-order valence-corrected chi connectivity index (χ3v) is 2.64. The first-order valence-corrected chi connectivity index (χ1v) is 5.62. The van der Waals surface area contributed by atoms with Crippen LogP contribution in [0.1, 0.15) is 19.4 Å². The lowest BCUT2D eigenvalue weighted by Gasteiger charge is -2.15. The molecule has 0 saturated carbocycles. The molecule has 0 spiro atoms. The van der Waals surface area contributed by atoms with Crippen LogP contribution in [0.4, 0.5) is 13.2 Å². The predicted molar refractivity (Wildman–Crippen MR) is 59.9 cm³/mol. The Morgan fingerprint density at radius 2 is 1.88 bits per heavy atom. The SMILES string of the molecule is CC(C)Oc1cc(Br)c(C(F)(F)F)cc1Cl. The van der Waals surface area contributed by atoms with Crippen LogP contribution >= 0.6 is 27.5 Å². The Balaban J connectivity index is 3.17. The van der Waals surface area contributed by atoms with E-state index in [1.165, 1.54) is 6.07 Å². The molecule has 1 rings (SSSR count). The molecular formula is C10H9BrClF3O. The summed E-state index contributed by atoms with van der Waals surface area (Å²) in [6, 6.07) is 2.08. The molecule has 0 aliphatic rings. The van der Waals surface area contributed by atoms with Gasteiger partial charge in [0.15, 0.2) is 0 Å². The van der Waals surface area contributed by atoms with Crippen LogP contribution in [0, 0.1) is 0 Å². The van der Waals surface area contributed by atoms with Crippen LogP contribution in [-0.2, 0) is 6.18 Å². The summed E-state index contributed by atoms with van der Waals surface area (Å²) in [4.78, 5) is 0. The number of hydrogen-bond acceptors (Lipinski definition) is 1. The van der Waals surface area contributed by atoms with Crippen molar-refractivity contribution in [1.82, 2.24) is 0 Å². The lowest BCUT2D eigenvalue weighted by atomic mass is 10.2. The third kappa shape index (κ3) is 3.28. The van der Waals surface area contributed by atoms with Gasteiger partial charge in [0.1, 0.15) is 5.75 Å². The molecule has 1 aromatic rings. The Hall–Kier alpha value is -0.420. The molecule has 0 amide bonds. The fourth-order valence-electron chi connectivity index (χ4n) is 1.09. The van der Waals surface area contributed by atoms with E-state index in [1.54, 1.807) is 13.8 Å². The number of halogens is 5. The van der Waals surface area contributed by atoms with Gasteiger partial charge in [0.05, 0.1) is 16.7 Å². The Bertz CT molecular complexity index is 390. The first-order valence-electron chi connectivity index (χ1n) is 4.44. The molecule has 0 saturated heterocycles. The average molecular weight is 318 g/mol. The number of alkyl halides is 3. The van der Waals surface area contributed by atoms with Crippen molar-refractivity contribution in [1.29, 1.82) is 0 Å². The van der Waals surface area contributed by atoms with Gasteiger partial charge in [0.2, 0.25) is 0 Å². The molecule has 0 fully saturated rings. The van der Waals surface area contributed by atoms with E-state index in [2.05, 4.69) is 15.9 Å². The fraction of sp³-hybridized carbons (Fsp3) is 0.400. The molecule has 0 heterocycles. The van der Waals surface area contributed by atoms with Crippen molar-refractivity contribution in [3.8, 4) is 5.75 Å². The predicted octanol–water partition coefficient (Wildman–Crippen LogP) is 4.91. The van der Waals surface area contributed by atoms with Crippen molar-refractivity contribution >= 4 is 27.5 Å². The summed E-state index contributed by atoms with van der Waals surface area (Å²) >= 11 is 8.55. The molecule has 0 radical (unpaired) electrons. The van der Waals surface area contributed by atoms with Gasteiger partial charge < -0.3 is 4.74 Å². The first kappa shape index (κ1) is 13.6. The molecule has 1 nitrogen and oxygen atoms in total. The Morgan fingerprint density at radius 1 is 1.31 bits per heavy atom. The molecule has 0 aromatic heterocycles. The van der Waals surface area contributed by atoms with Crippen molar-refractivity contribution < 1.29 is 17.9 Å². The van der Waals surface area contributed by atoms with E-state index in [-0.39, 0.29) is 21.3 Å². The van der Waals surface area contributed by atoms with Gasteiger partial charge in [-0.2, -0.15) is 13.2 Å². The lowest BCUT2D eigenvalue weighted by Crippen LogP contribution is -2.09. The molecule has 90 valence electrons. The highest BCUT2D eigenvalue weighted by Crippen LogP contribution is 2.40. The van der Waals surface area contributed by atoms with Crippen LogP contribution in [0.5, 0.6) is 5.75 Å². The van der Waals surface area contributed by atoms with Crippen LogP contribution < -0.4 is 4.74 Å². The van der Waals surface area contributed by atoms with Gasteiger partial charge in [-0.3, -0.25) is 0 Å². The number of hydrogen-bond donors (Lipinski definition) is 0. The molecular weight excluding hydrogens is 308 g/mol. The Morgan fingerprint density at radius 3 is 2.31 bits per heavy atom. The maximum absolute atomic E-state index is 12.5. The molecule has 0 N–H and O–H groups in total. The quantitative estimate of drug-likeness (QED) is 0.753. The monoisotopic (exact) mass is 316 g/mol. The Labute approximate surface area is 105 Å². The van der Waals surface area contributed by atoms with Crippen molar-refractivity contribution in [2.75, 3.05) is 0 Å². The highest BCUT2D eigenvalue weighted by Gasteiger charge is 2.34. The number of benzene rings is 1. The summed E-state index contributed by atoms with van der Waals surface area (Å²) in [6.45, 7) is 3.53. The van der Waals surface area contributed by atoms with Gasteiger partial charge in [-0.15, -0.1) is 0 Å². The minimum absolute atomic E-state index is 0.0516. The van der Waals surface area contributed by atoms with Crippen LogP contribution in [0.2, 0.25) is 5.02 Å². The summed E-state index contributed by atoms with van der Waals surface area (Å²) in [6.07, 6.45) is -4.58. The summed E-state index contributed by atoms with van der Waals surface area (Å²) in [5.74, 6) is 0.233. The van der Waals surface area contributed by atoms with Gasteiger partial charge in [-0.25, -0.2) is 0 Å². The van der Waals surface area contributed by atoms with Gasteiger partial charge in [-0.1, -0.05) is 27.5 Å². The lowest BCUT2D eigenvalue weighted by molar-refractivity contribution is -0.138. The van der Waals surface area contributed by atoms with Crippen LogP contribution in [-0.4, -0.2) is 6.10 Å². The highest BCUT2D eigenvalue weighted by molar-refractivity contribution is 9.10. The van der Waals surface area contributed by atoms with Crippen molar-refractivity contribution in [2.24, 2.45) is 0 Å². The van der Waals surface area contributed by atoms with E-state index in [9.17, 15) is 13.2 Å². The second kappa shape index (κ2) is 4.84. The molecule has 0 aliphatic carbocycles. The normalized spacial score (nSPS) is 12.0. The number of ether oxygens (including phenoxy) is 1. The van der Waals surface area contributed by atoms with E-state index in [0.29, 0.717) is 0 Å². The zero-order valence-electron chi connectivity index (χ0n) is 8.53. The van der Waals surface area contributed by atoms with Crippen LogP contribution in [0.3, 0.4) is 0 Å². The Kier molecular flexibility index (Phi) is 4.12. The van der Waals surface area contributed by atoms with Crippen molar-refractivity contribution in [3.05, 3.63) is 27.2 Å². The maximum Gasteiger partial charge on any atom is 0.417 e. The van der Waals surface area contributed by atoms with Gasteiger partial charge in [0, 0.05) is 4.47 Å². The fourth-order valence-corrected chi connectivity index (χ4v) is 1.85. The van der Waals surface area contributed by atoms with E-state index in [4.69, 9.17) is 16.3 Å². The molecule has 0 unspecified atom stereocenters. The van der Waals surface area contributed by atoms with Crippen molar-refractivity contribution in [2.45, 2.75) is 26.1 Å². The zero-order chi connectivity index (χ0) is 12.5. The summed E-state index contributed by atoms with van der Waals surface area (Å²) in [7, 11) is 0. The highest BCUT2D eigenvalue weighted by atomic mass is 79.9. The van der Waals surface area contributed by atoms with E-state index in [1.807, 2.05) is 0 Å². The molecule has 0 aliphatic heterocycles. The second-order valence-corrected chi connectivity index (χ2v) is 4.69. The van der Waals surface area contributed by atoms with Crippen molar-refractivity contribution in [3.63, 3.8) is 0 Å². The summed E-state index contributed by atoms with van der Waals surface area (Å²) in [5.41, 5.74) is -0.811. The number of rotatable bonds is 2. The summed E-state index contributed by atoms with van der Waals surface area (Å²) in [5, 5.41) is -0.0516. The van der Waals surface area contributed by atoms with E-state index >= 15 is 0 Å². The molecule has 0 atom stereocenters. The molecule has 6 heteroatoms. The smallest absolute Gasteiger partial charge is 0.417 e. The van der Waals surface area contributed by atoms with Gasteiger partial charge in [0.25, 0.3) is 0 Å². The maximum atomic E-state index is 12.5.